The normalized spacial score (nSPS) is 13.5. The standard InChI is InChI=1S/C14H25BrN2S/c1-11(2)5-6-16-8-12(3)17(4)9-14-7-13(15)10-18-14/h7,10-12,16H,5-6,8-9H2,1-4H3. The number of thiophene rings is 1. The Morgan fingerprint density at radius 3 is 2.67 bits per heavy atom. The summed E-state index contributed by atoms with van der Waals surface area (Å²) < 4.78 is 1.19. The molecule has 0 aliphatic heterocycles. The molecule has 18 heavy (non-hydrogen) atoms. The van der Waals surface area contributed by atoms with E-state index in [2.05, 4.69) is 65.4 Å². The molecule has 0 aliphatic rings. The van der Waals surface area contributed by atoms with Gasteiger partial charge in [-0.15, -0.1) is 11.3 Å². The molecule has 0 aliphatic carbocycles. The summed E-state index contributed by atoms with van der Waals surface area (Å²) in [6.45, 7) is 10.0. The quantitative estimate of drug-likeness (QED) is 0.724. The predicted molar refractivity (Wildman–Crippen MR) is 85.3 cm³/mol. The molecule has 4 heteroatoms. The van der Waals surface area contributed by atoms with Gasteiger partial charge < -0.3 is 5.32 Å². The van der Waals surface area contributed by atoms with Crippen molar-refractivity contribution in [2.75, 3.05) is 20.1 Å². The van der Waals surface area contributed by atoms with Crippen molar-refractivity contribution in [2.24, 2.45) is 5.92 Å². The van der Waals surface area contributed by atoms with Crippen molar-refractivity contribution in [3.05, 3.63) is 20.8 Å². The van der Waals surface area contributed by atoms with E-state index in [9.17, 15) is 0 Å². The first-order chi connectivity index (χ1) is 8.49. The summed E-state index contributed by atoms with van der Waals surface area (Å²) in [6, 6.07) is 2.78. The lowest BCUT2D eigenvalue weighted by Gasteiger charge is -2.24. The fraction of sp³-hybridized carbons (Fsp3) is 0.714. The molecule has 0 radical (unpaired) electrons. The second kappa shape index (κ2) is 8.31. The van der Waals surface area contributed by atoms with Crippen LogP contribution in [0.25, 0.3) is 0 Å². The van der Waals surface area contributed by atoms with Gasteiger partial charge in [0.1, 0.15) is 0 Å². The van der Waals surface area contributed by atoms with Gasteiger partial charge in [0.2, 0.25) is 0 Å². The van der Waals surface area contributed by atoms with Crippen LogP contribution < -0.4 is 5.32 Å². The smallest absolute Gasteiger partial charge is 0.0328 e. The van der Waals surface area contributed by atoms with E-state index in [1.165, 1.54) is 15.8 Å². The molecule has 1 heterocycles. The van der Waals surface area contributed by atoms with Gasteiger partial charge in [-0.25, -0.2) is 0 Å². The molecule has 1 rings (SSSR count). The zero-order chi connectivity index (χ0) is 13.5. The molecule has 0 aromatic carbocycles. The molecule has 0 saturated carbocycles. The molecule has 1 atom stereocenters. The number of nitrogens with one attached hydrogen (secondary N) is 1. The molecule has 1 aromatic heterocycles. The van der Waals surface area contributed by atoms with Gasteiger partial charge in [-0.3, -0.25) is 4.90 Å². The summed E-state index contributed by atoms with van der Waals surface area (Å²) in [4.78, 5) is 3.82. The van der Waals surface area contributed by atoms with Crippen molar-refractivity contribution in [3.8, 4) is 0 Å². The Morgan fingerprint density at radius 2 is 2.11 bits per heavy atom. The molecule has 0 bridgehead atoms. The summed E-state index contributed by atoms with van der Waals surface area (Å²) >= 11 is 5.32. The topological polar surface area (TPSA) is 15.3 Å². The third kappa shape index (κ3) is 6.32. The first-order valence-electron chi connectivity index (χ1n) is 6.63. The first kappa shape index (κ1) is 16.2. The Kier molecular flexibility index (Phi) is 7.46. The van der Waals surface area contributed by atoms with Gasteiger partial charge >= 0.3 is 0 Å². The lowest BCUT2D eigenvalue weighted by molar-refractivity contribution is 0.244. The minimum Gasteiger partial charge on any atom is -0.315 e. The lowest BCUT2D eigenvalue weighted by Crippen LogP contribution is -2.37. The van der Waals surface area contributed by atoms with Crippen LogP contribution in [0.15, 0.2) is 15.9 Å². The molecule has 0 spiro atoms. The van der Waals surface area contributed by atoms with Crippen molar-refractivity contribution in [1.29, 1.82) is 0 Å². The molecular formula is C14H25BrN2S. The molecule has 1 N–H and O–H groups in total. The van der Waals surface area contributed by atoms with Gasteiger partial charge in [0.15, 0.2) is 0 Å². The maximum Gasteiger partial charge on any atom is 0.0328 e. The maximum atomic E-state index is 3.54. The Bertz CT molecular complexity index is 338. The van der Waals surface area contributed by atoms with Crippen LogP contribution in [0.4, 0.5) is 0 Å². The molecule has 0 amide bonds. The van der Waals surface area contributed by atoms with E-state index in [4.69, 9.17) is 0 Å². The summed E-state index contributed by atoms with van der Waals surface area (Å²) in [6.07, 6.45) is 1.26. The zero-order valence-electron chi connectivity index (χ0n) is 11.9. The number of nitrogens with zero attached hydrogens (tertiary/aromatic N) is 1. The number of hydrogen-bond donors (Lipinski definition) is 1. The van der Waals surface area contributed by atoms with Gasteiger partial charge in [-0.1, -0.05) is 13.8 Å². The third-order valence-corrected chi connectivity index (χ3v) is 4.80. The second-order valence-electron chi connectivity index (χ2n) is 5.38. The van der Waals surface area contributed by atoms with E-state index in [1.807, 2.05) is 11.3 Å². The molecule has 0 fully saturated rings. The SMILES string of the molecule is CC(C)CCNCC(C)N(C)Cc1cc(Br)cs1. The summed E-state index contributed by atoms with van der Waals surface area (Å²) in [5, 5.41) is 5.69. The third-order valence-electron chi connectivity index (χ3n) is 3.12. The maximum absolute atomic E-state index is 3.54. The number of halogens is 1. The van der Waals surface area contributed by atoms with Gasteiger partial charge in [-0.05, 0) is 54.9 Å². The lowest BCUT2D eigenvalue weighted by atomic mass is 10.1. The van der Waals surface area contributed by atoms with Crippen LogP contribution in [0.5, 0.6) is 0 Å². The highest BCUT2D eigenvalue weighted by Gasteiger charge is 2.10. The van der Waals surface area contributed by atoms with Crippen molar-refractivity contribution in [2.45, 2.75) is 39.8 Å². The van der Waals surface area contributed by atoms with Gasteiger partial charge in [0.05, 0.1) is 0 Å². The van der Waals surface area contributed by atoms with Gasteiger partial charge in [0.25, 0.3) is 0 Å². The van der Waals surface area contributed by atoms with E-state index < -0.39 is 0 Å². The molecule has 0 saturated heterocycles. The molecule has 2 nitrogen and oxygen atoms in total. The van der Waals surface area contributed by atoms with Crippen molar-refractivity contribution >= 4 is 27.3 Å². The zero-order valence-corrected chi connectivity index (χ0v) is 14.3. The Hall–Kier alpha value is 0.1000. The highest BCUT2D eigenvalue weighted by molar-refractivity contribution is 9.10. The van der Waals surface area contributed by atoms with Crippen LogP contribution >= 0.6 is 27.3 Å². The van der Waals surface area contributed by atoms with E-state index >= 15 is 0 Å². The van der Waals surface area contributed by atoms with Crippen LogP contribution in [-0.2, 0) is 6.54 Å². The van der Waals surface area contributed by atoms with Crippen LogP contribution in [0.3, 0.4) is 0 Å². The van der Waals surface area contributed by atoms with Gasteiger partial charge in [0, 0.05) is 33.9 Å². The highest BCUT2D eigenvalue weighted by Crippen LogP contribution is 2.21. The van der Waals surface area contributed by atoms with Crippen LogP contribution in [0.2, 0.25) is 0 Å². The minimum atomic E-state index is 0.568. The van der Waals surface area contributed by atoms with E-state index in [-0.39, 0.29) is 0 Å². The van der Waals surface area contributed by atoms with Gasteiger partial charge in [-0.2, -0.15) is 0 Å². The average Bonchev–Trinajstić information content (AvgIpc) is 2.69. The predicted octanol–water partition coefficient (Wildman–Crippen LogP) is 3.97. The minimum absolute atomic E-state index is 0.568. The van der Waals surface area contributed by atoms with Crippen molar-refractivity contribution in [1.82, 2.24) is 10.2 Å². The van der Waals surface area contributed by atoms with E-state index in [0.717, 1.165) is 25.6 Å². The number of likely N-dealkylation sites (N-methyl/N-ethyl adjacent to an activating group) is 1. The largest absolute Gasteiger partial charge is 0.315 e. The number of hydrogen-bond acceptors (Lipinski definition) is 3. The highest BCUT2D eigenvalue weighted by atomic mass is 79.9. The number of rotatable bonds is 8. The average molecular weight is 333 g/mol. The molecule has 1 aromatic rings. The molecule has 1 unspecified atom stereocenters. The van der Waals surface area contributed by atoms with Crippen LogP contribution in [0, 0.1) is 5.92 Å². The Balaban J connectivity index is 2.22. The summed E-state index contributed by atoms with van der Waals surface area (Å²) in [5.74, 6) is 0.786. The van der Waals surface area contributed by atoms with Crippen molar-refractivity contribution < 1.29 is 0 Å². The fourth-order valence-electron chi connectivity index (χ4n) is 1.70. The van der Waals surface area contributed by atoms with E-state index in [0.29, 0.717) is 6.04 Å². The van der Waals surface area contributed by atoms with Crippen LogP contribution in [0.1, 0.15) is 32.1 Å². The Morgan fingerprint density at radius 1 is 1.39 bits per heavy atom. The fourth-order valence-corrected chi connectivity index (χ4v) is 3.21. The van der Waals surface area contributed by atoms with E-state index in [1.54, 1.807) is 0 Å². The summed E-state index contributed by atoms with van der Waals surface area (Å²) in [7, 11) is 2.20. The molecule has 104 valence electrons. The first-order valence-corrected chi connectivity index (χ1v) is 8.30. The summed E-state index contributed by atoms with van der Waals surface area (Å²) in [5.41, 5.74) is 0. The second-order valence-corrected chi connectivity index (χ2v) is 7.29. The van der Waals surface area contributed by atoms with Crippen molar-refractivity contribution in [3.63, 3.8) is 0 Å². The Labute approximate surface area is 124 Å². The monoisotopic (exact) mass is 332 g/mol. The van der Waals surface area contributed by atoms with Crippen LogP contribution in [-0.4, -0.2) is 31.1 Å². The molecular weight excluding hydrogens is 308 g/mol.